The molecule has 0 unspecified atom stereocenters. The molecular weight excluding hydrogens is 331 g/mol. The van der Waals surface area contributed by atoms with Crippen LogP contribution in [0.25, 0.3) is 0 Å². The number of amides is 1. The number of aliphatic carboxylic acids is 1. The molecule has 0 heterocycles. The number of carboxylic acid groups (broad SMARTS) is 1. The number of methoxy groups -OCH3 is 1. The molecule has 1 rings (SSSR count). The molecule has 6 nitrogen and oxygen atoms in total. The molecule has 22 heavy (non-hydrogen) atoms. The van der Waals surface area contributed by atoms with Gasteiger partial charge < -0.3 is 15.2 Å². The number of carboxylic acids is 1. The first kappa shape index (κ1) is 20.5. The lowest BCUT2D eigenvalue weighted by Crippen LogP contribution is -2.37. The van der Waals surface area contributed by atoms with Crippen molar-refractivity contribution in [3.05, 3.63) is 23.2 Å². The van der Waals surface area contributed by atoms with E-state index in [9.17, 15) is 9.59 Å². The van der Waals surface area contributed by atoms with Gasteiger partial charge in [-0.3, -0.25) is 14.5 Å². The molecule has 1 aromatic carbocycles. The maximum Gasteiger partial charge on any atom is 0.317 e. The van der Waals surface area contributed by atoms with E-state index in [0.29, 0.717) is 23.0 Å². The van der Waals surface area contributed by atoms with Crippen molar-refractivity contribution in [1.29, 1.82) is 0 Å². The smallest absolute Gasteiger partial charge is 0.317 e. The molecule has 0 aliphatic carbocycles. The molecule has 0 radical (unpaired) electrons. The third-order valence-electron chi connectivity index (χ3n) is 2.70. The van der Waals surface area contributed by atoms with Gasteiger partial charge in [0, 0.05) is 5.69 Å². The highest BCUT2D eigenvalue weighted by atomic mass is 35.5. The monoisotopic (exact) mass is 350 g/mol. The number of anilines is 1. The van der Waals surface area contributed by atoms with Gasteiger partial charge in [0.15, 0.2) is 0 Å². The van der Waals surface area contributed by atoms with Gasteiger partial charge in [-0.25, -0.2) is 0 Å². The van der Waals surface area contributed by atoms with Crippen LogP contribution in [0.1, 0.15) is 13.3 Å². The summed E-state index contributed by atoms with van der Waals surface area (Å²) in [5.74, 6) is -0.720. The van der Waals surface area contributed by atoms with Gasteiger partial charge in [0.25, 0.3) is 0 Å². The minimum atomic E-state index is -0.955. The summed E-state index contributed by atoms with van der Waals surface area (Å²) >= 11 is 5.97. The Morgan fingerprint density at radius 2 is 2.05 bits per heavy atom. The fourth-order valence-corrected chi connectivity index (χ4v) is 2.13. The van der Waals surface area contributed by atoms with Crippen LogP contribution in [0.3, 0.4) is 0 Å². The molecular formula is C14H20Cl2N2O4. The van der Waals surface area contributed by atoms with E-state index in [1.165, 1.54) is 7.11 Å². The first-order chi connectivity index (χ1) is 9.96. The number of rotatable bonds is 8. The van der Waals surface area contributed by atoms with E-state index in [4.69, 9.17) is 21.4 Å². The van der Waals surface area contributed by atoms with Crippen molar-refractivity contribution in [3.8, 4) is 5.75 Å². The molecule has 0 fully saturated rings. The lowest BCUT2D eigenvalue weighted by Gasteiger charge is -2.18. The topological polar surface area (TPSA) is 78.9 Å². The normalized spacial score (nSPS) is 10.0. The van der Waals surface area contributed by atoms with Crippen LogP contribution < -0.4 is 10.1 Å². The summed E-state index contributed by atoms with van der Waals surface area (Å²) in [6, 6.07) is 4.91. The summed E-state index contributed by atoms with van der Waals surface area (Å²) in [5, 5.41) is 11.9. The molecule has 1 amide bonds. The van der Waals surface area contributed by atoms with Gasteiger partial charge in [0.2, 0.25) is 5.91 Å². The highest BCUT2D eigenvalue weighted by molar-refractivity contribution is 6.32. The number of benzene rings is 1. The molecule has 0 aliphatic heterocycles. The fourth-order valence-electron chi connectivity index (χ4n) is 1.87. The van der Waals surface area contributed by atoms with Crippen LogP contribution >= 0.6 is 24.0 Å². The van der Waals surface area contributed by atoms with Crippen LogP contribution in [0.15, 0.2) is 18.2 Å². The molecule has 0 atom stereocenters. The number of carbonyl (C=O) groups excluding carboxylic acids is 1. The summed E-state index contributed by atoms with van der Waals surface area (Å²) in [7, 11) is 1.51. The van der Waals surface area contributed by atoms with E-state index in [2.05, 4.69) is 5.32 Å². The largest absolute Gasteiger partial charge is 0.495 e. The second-order valence-electron chi connectivity index (χ2n) is 4.50. The molecule has 0 spiro atoms. The Morgan fingerprint density at radius 3 is 2.55 bits per heavy atom. The van der Waals surface area contributed by atoms with Crippen LogP contribution in [0.2, 0.25) is 5.02 Å². The molecule has 124 valence electrons. The van der Waals surface area contributed by atoms with Crippen molar-refractivity contribution in [1.82, 2.24) is 4.90 Å². The Hall–Kier alpha value is -1.50. The highest BCUT2D eigenvalue weighted by Gasteiger charge is 2.13. The molecule has 0 aliphatic rings. The fraction of sp³-hybridized carbons (Fsp3) is 0.429. The van der Waals surface area contributed by atoms with Crippen LogP contribution in [-0.2, 0) is 9.59 Å². The average molecular weight is 351 g/mol. The Bertz CT molecular complexity index is 512. The van der Waals surface area contributed by atoms with Gasteiger partial charge in [0.1, 0.15) is 5.75 Å². The third kappa shape index (κ3) is 6.98. The van der Waals surface area contributed by atoms with E-state index >= 15 is 0 Å². The van der Waals surface area contributed by atoms with Gasteiger partial charge in [-0.15, -0.1) is 12.4 Å². The zero-order valence-corrected chi connectivity index (χ0v) is 14.0. The summed E-state index contributed by atoms with van der Waals surface area (Å²) < 4.78 is 5.03. The number of hydrogen-bond acceptors (Lipinski definition) is 4. The lowest BCUT2D eigenvalue weighted by molar-refractivity contribution is -0.138. The zero-order chi connectivity index (χ0) is 15.8. The molecule has 0 bridgehead atoms. The quantitative estimate of drug-likeness (QED) is 0.752. The van der Waals surface area contributed by atoms with E-state index in [-0.39, 0.29) is 31.4 Å². The average Bonchev–Trinajstić information content (AvgIpc) is 2.38. The van der Waals surface area contributed by atoms with Crippen LogP contribution in [-0.4, -0.2) is 48.6 Å². The summed E-state index contributed by atoms with van der Waals surface area (Å²) in [6.07, 6.45) is 0.773. The number of halogens is 2. The van der Waals surface area contributed by atoms with E-state index in [1.54, 1.807) is 23.1 Å². The number of hydrogen-bond donors (Lipinski definition) is 2. The molecule has 0 saturated carbocycles. The third-order valence-corrected chi connectivity index (χ3v) is 3.00. The van der Waals surface area contributed by atoms with Crippen molar-refractivity contribution in [2.75, 3.05) is 32.1 Å². The van der Waals surface area contributed by atoms with E-state index in [0.717, 1.165) is 6.42 Å². The number of ether oxygens (including phenoxy) is 1. The van der Waals surface area contributed by atoms with Gasteiger partial charge >= 0.3 is 5.97 Å². The molecule has 1 aromatic rings. The number of nitrogens with one attached hydrogen (secondary N) is 1. The van der Waals surface area contributed by atoms with Gasteiger partial charge in [-0.1, -0.05) is 18.5 Å². The minimum Gasteiger partial charge on any atom is -0.495 e. The summed E-state index contributed by atoms with van der Waals surface area (Å²) in [6.45, 7) is 2.33. The van der Waals surface area contributed by atoms with E-state index in [1.807, 2.05) is 6.92 Å². The molecule has 0 aromatic heterocycles. The standard InChI is InChI=1S/C14H19ClN2O4.ClH/c1-3-6-17(9-14(19)20)8-13(18)16-10-4-5-12(21-2)11(15)7-10;/h4-5,7H,3,6,8-9H2,1-2H3,(H,16,18)(H,19,20);1H. The van der Waals surface area contributed by atoms with Crippen LogP contribution in [0.4, 0.5) is 5.69 Å². The zero-order valence-electron chi connectivity index (χ0n) is 12.5. The second-order valence-corrected chi connectivity index (χ2v) is 4.91. The summed E-state index contributed by atoms with van der Waals surface area (Å²) in [5.41, 5.74) is 0.539. The van der Waals surface area contributed by atoms with Gasteiger partial charge in [-0.2, -0.15) is 0 Å². The molecule has 8 heteroatoms. The molecule has 0 saturated heterocycles. The SMILES string of the molecule is CCCN(CC(=O)O)CC(=O)Nc1ccc(OC)c(Cl)c1.Cl. The van der Waals surface area contributed by atoms with E-state index < -0.39 is 5.97 Å². The predicted molar refractivity (Wildman–Crippen MR) is 88.2 cm³/mol. The Kier molecular flexibility index (Phi) is 9.56. The predicted octanol–water partition coefficient (Wildman–Crippen LogP) is 2.51. The van der Waals surface area contributed by atoms with Crippen molar-refractivity contribution in [2.24, 2.45) is 0 Å². The van der Waals surface area contributed by atoms with Crippen molar-refractivity contribution < 1.29 is 19.4 Å². The lowest BCUT2D eigenvalue weighted by atomic mass is 10.3. The molecule has 2 N–H and O–H groups in total. The van der Waals surface area contributed by atoms with Crippen molar-refractivity contribution in [3.63, 3.8) is 0 Å². The Balaban J connectivity index is 0.00000441. The second kappa shape index (κ2) is 10.3. The Labute approximate surface area is 140 Å². The maximum atomic E-state index is 11.9. The summed E-state index contributed by atoms with van der Waals surface area (Å²) in [4.78, 5) is 24.2. The van der Waals surface area contributed by atoms with Gasteiger partial charge in [0.05, 0.1) is 25.2 Å². The highest BCUT2D eigenvalue weighted by Crippen LogP contribution is 2.27. The first-order valence-electron chi connectivity index (χ1n) is 6.53. The van der Waals surface area contributed by atoms with Gasteiger partial charge in [-0.05, 0) is 31.2 Å². The maximum absolute atomic E-state index is 11.9. The van der Waals surface area contributed by atoms with Crippen molar-refractivity contribution >= 4 is 41.6 Å². The Morgan fingerprint density at radius 1 is 1.36 bits per heavy atom. The first-order valence-corrected chi connectivity index (χ1v) is 6.91. The van der Waals surface area contributed by atoms with Crippen LogP contribution in [0, 0.1) is 0 Å². The number of carbonyl (C=O) groups is 2. The minimum absolute atomic E-state index is 0. The number of nitrogens with zero attached hydrogens (tertiary/aromatic N) is 1. The van der Waals surface area contributed by atoms with Crippen LogP contribution in [0.5, 0.6) is 5.75 Å². The van der Waals surface area contributed by atoms with Crippen molar-refractivity contribution in [2.45, 2.75) is 13.3 Å².